The number of carbonyl (C=O) groups excluding carboxylic acids is 3. The van der Waals surface area contributed by atoms with Gasteiger partial charge in [-0.2, -0.15) is 0 Å². The Labute approximate surface area is 212 Å². The molecular formula is C28H34N4O4. The Morgan fingerprint density at radius 2 is 1.81 bits per heavy atom. The second kappa shape index (κ2) is 11.4. The maximum absolute atomic E-state index is 13.8. The van der Waals surface area contributed by atoms with Gasteiger partial charge in [-0.15, -0.1) is 0 Å². The van der Waals surface area contributed by atoms with Gasteiger partial charge in [0.1, 0.15) is 23.9 Å². The minimum Gasteiger partial charge on any atom is -0.488 e. The largest absolute Gasteiger partial charge is 0.488 e. The summed E-state index contributed by atoms with van der Waals surface area (Å²) in [7, 11) is 1.75. The zero-order valence-electron chi connectivity index (χ0n) is 20.9. The third kappa shape index (κ3) is 5.76. The lowest BCUT2D eigenvalue weighted by Crippen LogP contribution is -2.59. The molecule has 3 heterocycles. The summed E-state index contributed by atoms with van der Waals surface area (Å²) in [5.41, 5.74) is 1.82. The second-order valence-electron chi connectivity index (χ2n) is 9.59. The molecule has 2 aromatic rings. The van der Waals surface area contributed by atoms with Gasteiger partial charge in [0, 0.05) is 25.6 Å². The molecule has 4 atom stereocenters. The SMILES string of the molecule is CN[C@H](C(=O)N1CC[C@@H]2Oc3ccc(cc3)/C=C\NC(=O)[C@H](Cc3ccccc3)NC(=O)[C@H]21)C(C)C. The van der Waals surface area contributed by atoms with Crippen LogP contribution in [0.15, 0.2) is 60.8 Å². The Kier molecular flexibility index (Phi) is 8.05. The highest BCUT2D eigenvalue weighted by atomic mass is 16.5. The minimum absolute atomic E-state index is 0.0416. The highest BCUT2D eigenvalue weighted by molar-refractivity contribution is 5.94. The highest BCUT2D eigenvalue weighted by Gasteiger charge is 2.46. The highest BCUT2D eigenvalue weighted by Crippen LogP contribution is 2.27. The maximum Gasteiger partial charge on any atom is 0.247 e. The van der Waals surface area contributed by atoms with Crippen LogP contribution in [-0.4, -0.2) is 60.4 Å². The number of likely N-dealkylation sites (N-methyl/N-ethyl adjacent to an activating group) is 1. The maximum atomic E-state index is 13.8. The number of carbonyl (C=O) groups is 3. The third-order valence-corrected chi connectivity index (χ3v) is 6.72. The van der Waals surface area contributed by atoms with Crippen molar-refractivity contribution in [1.29, 1.82) is 0 Å². The van der Waals surface area contributed by atoms with Gasteiger partial charge >= 0.3 is 0 Å². The Hall–Kier alpha value is -3.65. The fourth-order valence-electron chi connectivity index (χ4n) is 4.83. The van der Waals surface area contributed by atoms with E-state index in [0.29, 0.717) is 25.1 Å². The average molecular weight is 491 g/mol. The van der Waals surface area contributed by atoms with Gasteiger partial charge in [-0.05, 0) is 42.3 Å². The third-order valence-electron chi connectivity index (χ3n) is 6.72. The number of nitrogens with one attached hydrogen (secondary N) is 3. The van der Waals surface area contributed by atoms with Crippen molar-refractivity contribution < 1.29 is 19.1 Å². The number of likely N-dealkylation sites (tertiary alicyclic amines) is 1. The molecule has 2 bridgehead atoms. The first-order valence-electron chi connectivity index (χ1n) is 12.4. The topological polar surface area (TPSA) is 99.8 Å². The van der Waals surface area contributed by atoms with Crippen LogP contribution < -0.4 is 20.7 Å². The smallest absolute Gasteiger partial charge is 0.247 e. The van der Waals surface area contributed by atoms with E-state index in [4.69, 9.17) is 4.74 Å². The van der Waals surface area contributed by atoms with E-state index in [2.05, 4.69) is 16.0 Å². The first-order chi connectivity index (χ1) is 17.4. The number of fused-ring (bicyclic) bond motifs is 7. The van der Waals surface area contributed by atoms with E-state index in [9.17, 15) is 14.4 Å². The van der Waals surface area contributed by atoms with E-state index in [1.807, 2.05) is 68.4 Å². The molecule has 5 rings (SSSR count). The molecule has 0 aliphatic carbocycles. The van der Waals surface area contributed by atoms with Gasteiger partial charge in [-0.3, -0.25) is 14.4 Å². The number of rotatable bonds is 5. The number of nitrogens with zero attached hydrogens (tertiary/aromatic N) is 1. The van der Waals surface area contributed by atoms with Gasteiger partial charge in [0.2, 0.25) is 17.7 Å². The summed E-state index contributed by atoms with van der Waals surface area (Å²) < 4.78 is 6.24. The molecular weight excluding hydrogens is 456 g/mol. The van der Waals surface area contributed by atoms with E-state index in [0.717, 1.165) is 11.1 Å². The van der Waals surface area contributed by atoms with E-state index in [1.165, 1.54) is 0 Å². The van der Waals surface area contributed by atoms with E-state index in [-0.39, 0.29) is 17.7 Å². The van der Waals surface area contributed by atoms with Crippen LogP contribution >= 0.6 is 0 Å². The molecule has 3 amide bonds. The van der Waals surface area contributed by atoms with Crippen LogP contribution in [-0.2, 0) is 20.8 Å². The standard InChI is InChI=1S/C28H34N4O4/c1-18(2)24(29-3)28(35)32-16-14-23-25(32)27(34)31-22(17-20-7-5-4-6-8-20)26(33)30-15-13-19-9-11-21(36-23)12-10-19/h4-13,15,18,22-25,29H,14,16-17H2,1-3H3,(H,30,33)(H,31,34)/b15-13-/t22-,23-,24-,25-/m0/s1. The van der Waals surface area contributed by atoms with Gasteiger partial charge in [-0.1, -0.05) is 56.3 Å². The lowest BCUT2D eigenvalue weighted by molar-refractivity contribution is -0.143. The van der Waals surface area contributed by atoms with Gasteiger partial charge in [-0.25, -0.2) is 0 Å². The first kappa shape index (κ1) is 25.4. The lowest BCUT2D eigenvalue weighted by Gasteiger charge is -2.32. The molecule has 1 saturated heterocycles. The zero-order chi connectivity index (χ0) is 25.7. The molecule has 0 aromatic heterocycles. The van der Waals surface area contributed by atoms with Crippen LogP contribution in [0, 0.1) is 5.92 Å². The summed E-state index contributed by atoms with van der Waals surface area (Å²) in [5.74, 6) is -0.221. The Balaban J connectivity index is 1.68. The summed E-state index contributed by atoms with van der Waals surface area (Å²) in [6.07, 6.45) is 3.65. The number of ether oxygens (including phenoxy) is 1. The van der Waals surface area contributed by atoms with Crippen molar-refractivity contribution in [2.75, 3.05) is 13.6 Å². The van der Waals surface area contributed by atoms with Crippen LogP contribution in [0.5, 0.6) is 5.75 Å². The van der Waals surface area contributed by atoms with Crippen LogP contribution in [0.2, 0.25) is 0 Å². The molecule has 8 nitrogen and oxygen atoms in total. The predicted molar refractivity (Wildman–Crippen MR) is 138 cm³/mol. The number of benzene rings is 2. The van der Waals surface area contributed by atoms with Crippen molar-refractivity contribution in [1.82, 2.24) is 20.9 Å². The number of amides is 3. The summed E-state index contributed by atoms with van der Waals surface area (Å²) >= 11 is 0. The summed E-state index contributed by atoms with van der Waals surface area (Å²) in [4.78, 5) is 42.0. The molecule has 3 aliphatic heterocycles. The minimum atomic E-state index is -0.865. The monoisotopic (exact) mass is 490 g/mol. The molecule has 0 radical (unpaired) electrons. The van der Waals surface area contributed by atoms with Crippen molar-refractivity contribution in [2.24, 2.45) is 5.92 Å². The molecule has 1 fully saturated rings. The quantitative estimate of drug-likeness (QED) is 0.596. The van der Waals surface area contributed by atoms with E-state index < -0.39 is 30.1 Å². The summed E-state index contributed by atoms with van der Waals surface area (Å²) in [6.45, 7) is 4.32. The lowest BCUT2D eigenvalue weighted by atomic mass is 10.0. The molecule has 3 N–H and O–H groups in total. The predicted octanol–water partition coefficient (Wildman–Crippen LogP) is 2.11. The molecule has 8 heteroatoms. The van der Waals surface area contributed by atoms with Crippen molar-refractivity contribution in [3.05, 3.63) is 71.9 Å². The summed E-state index contributed by atoms with van der Waals surface area (Å²) in [5, 5.41) is 8.80. The van der Waals surface area contributed by atoms with Crippen molar-refractivity contribution >= 4 is 23.8 Å². The van der Waals surface area contributed by atoms with Crippen LogP contribution in [0.1, 0.15) is 31.4 Å². The molecule has 3 aliphatic rings. The summed E-state index contributed by atoms with van der Waals surface area (Å²) in [6, 6.07) is 14.8. The molecule has 0 spiro atoms. The second-order valence-corrected chi connectivity index (χ2v) is 9.59. The Morgan fingerprint density at radius 1 is 1.08 bits per heavy atom. The Morgan fingerprint density at radius 3 is 2.47 bits per heavy atom. The van der Waals surface area contributed by atoms with Crippen molar-refractivity contribution in [3.8, 4) is 5.75 Å². The first-order valence-corrected chi connectivity index (χ1v) is 12.4. The molecule has 0 saturated carbocycles. The fraction of sp³-hybridized carbons (Fsp3) is 0.393. The Bertz CT molecular complexity index is 1100. The van der Waals surface area contributed by atoms with E-state index >= 15 is 0 Å². The van der Waals surface area contributed by atoms with Crippen LogP contribution in [0.25, 0.3) is 6.08 Å². The molecule has 2 aromatic carbocycles. The normalized spacial score (nSPS) is 23.8. The molecule has 0 unspecified atom stereocenters. The van der Waals surface area contributed by atoms with Gasteiger partial charge < -0.3 is 25.6 Å². The molecule has 190 valence electrons. The van der Waals surface area contributed by atoms with Gasteiger partial charge in [0.05, 0.1) is 6.04 Å². The zero-order valence-corrected chi connectivity index (χ0v) is 20.9. The van der Waals surface area contributed by atoms with Gasteiger partial charge in [0.15, 0.2) is 0 Å². The van der Waals surface area contributed by atoms with Crippen LogP contribution in [0.3, 0.4) is 0 Å². The molecule has 36 heavy (non-hydrogen) atoms. The van der Waals surface area contributed by atoms with Crippen molar-refractivity contribution in [2.45, 2.75) is 50.9 Å². The average Bonchev–Trinajstić information content (AvgIpc) is 3.28. The van der Waals surface area contributed by atoms with E-state index in [1.54, 1.807) is 24.2 Å². The number of hydrogen-bond acceptors (Lipinski definition) is 5. The van der Waals surface area contributed by atoms with Gasteiger partial charge in [0.25, 0.3) is 0 Å². The van der Waals surface area contributed by atoms with Crippen LogP contribution in [0.4, 0.5) is 0 Å². The fourth-order valence-corrected chi connectivity index (χ4v) is 4.83. The number of hydrogen-bond donors (Lipinski definition) is 3. The van der Waals surface area contributed by atoms with Crippen molar-refractivity contribution in [3.63, 3.8) is 0 Å².